The van der Waals surface area contributed by atoms with Crippen molar-refractivity contribution in [3.05, 3.63) is 102 Å². The Labute approximate surface area is 188 Å². The van der Waals surface area contributed by atoms with Gasteiger partial charge in [-0.05, 0) is 23.3 Å². The van der Waals surface area contributed by atoms with E-state index in [9.17, 15) is 9.59 Å². The standard InChI is InChI=1S/C25H28N4O3/c26-22(18-32-17-19-9-3-1-4-10-19)25(31)28-16-24(30)29-23(20-11-5-2-6-12-20)15-21-13-7-8-14-27-21/h1-14,22-23H,15-18,26H2,(H,28,31)(H,29,30). The van der Waals surface area contributed by atoms with E-state index in [1.54, 1.807) is 6.20 Å². The van der Waals surface area contributed by atoms with Crippen molar-refractivity contribution in [2.24, 2.45) is 5.73 Å². The highest BCUT2D eigenvalue weighted by Crippen LogP contribution is 2.17. The van der Waals surface area contributed by atoms with Gasteiger partial charge in [0.25, 0.3) is 0 Å². The summed E-state index contributed by atoms with van der Waals surface area (Å²) in [6.07, 6.45) is 2.26. The second-order valence-corrected chi connectivity index (χ2v) is 7.38. The van der Waals surface area contributed by atoms with Crippen LogP contribution >= 0.6 is 0 Å². The van der Waals surface area contributed by atoms with Crippen molar-refractivity contribution in [3.8, 4) is 0 Å². The molecule has 2 atom stereocenters. The molecule has 0 spiro atoms. The fourth-order valence-corrected chi connectivity index (χ4v) is 3.16. The number of benzene rings is 2. The highest BCUT2D eigenvalue weighted by Gasteiger charge is 2.18. The molecule has 166 valence electrons. The van der Waals surface area contributed by atoms with E-state index in [4.69, 9.17) is 10.5 Å². The fraction of sp³-hybridized carbons (Fsp3) is 0.240. The van der Waals surface area contributed by atoms with Crippen molar-refractivity contribution < 1.29 is 14.3 Å². The first-order valence-corrected chi connectivity index (χ1v) is 10.5. The monoisotopic (exact) mass is 432 g/mol. The third-order valence-corrected chi connectivity index (χ3v) is 4.85. The molecule has 0 aliphatic heterocycles. The molecule has 3 rings (SSSR count). The van der Waals surface area contributed by atoms with Crippen molar-refractivity contribution in [1.29, 1.82) is 0 Å². The van der Waals surface area contributed by atoms with Gasteiger partial charge in [0.2, 0.25) is 11.8 Å². The van der Waals surface area contributed by atoms with Crippen LogP contribution in [-0.2, 0) is 27.4 Å². The molecule has 2 amide bonds. The van der Waals surface area contributed by atoms with Crippen LogP contribution in [0.5, 0.6) is 0 Å². The van der Waals surface area contributed by atoms with Crippen molar-refractivity contribution in [1.82, 2.24) is 15.6 Å². The maximum absolute atomic E-state index is 12.5. The maximum atomic E-state index is 12.5. The van der Waals surface area contributed by atoms with E-state index in [2.05, 4.69) is 15.6 Å². The zero-order valence-electron chi connectivity index (χ0n) is 17.8. The van der Waals surface area contributed by atoms with E-state index < -0.39 is 11.9 Å². The average molecular weight is 433 g/mol. The SMILES string of the molecule is NC(COCc1ccccc1)C(=O)NCC(=O)NC(Cc1ccccn1)c1ccccc1. The van der Waals surface area contributed by atoms with Crippen molar-refractivity contribution in [2.45, 2.75) is 25.1 Å². The van der Waals surface area contributed by atoms with Crippen molar-refractivity contribution >= 4 is 11.8 Å². The molecule has 4 N–H and O–H groups in total. The molecule has 2 unspecified atom stereocenters. The van der Waals surface area contributed by atoms with Gasteiger partial charge in [0.15, 0.2) is 0 Å². The summed E-state index contributed by atoms with van der Waals surface area (Å²) in [6.45, 7) is 0.264. The van der Waals surface area contributed by atoms with Crippen LogP contribution in [0, 0.1) is 0 Å². The number of nitrogens with two attached hydrogens (primary N) is 1. The minimum atomic E-state index is -0.857. The summed E-state index contributed by atoms with van der Waals surface area (Å²) in [5.74, 6) is -0.741. The Morgan fingerprint density at radius 3 is 2.31 bits per heavy atom. The molecule has 7 nitrogen and oxygen atoms in total. The van der Waals surface area contributed by atoms with Crippen molar-refractivity contribution in [2.75, 3.05) is 13.2 Å². The third kappa shape index (κ3) is 7.61. The lowest BCUT2D eigenvalue weighted by atomic mass is 10.0. The molecule has 0 aliphatic carbocycles. The van der Waals surface area contributed by atoms with E-state index in [1.807, 2.05) is 78.9 Å². The van der Waals surface area contributed by atoms with E-state index >= 15 is 0 Å². The Bertz CT molecular complexity index is 968. The number of nitrogens with one attached hydrogen (secondary N) is 2. The van der Waals surface area contributed by atoms with Gasteiger partial charge in [0.05, 0.1) is 25.8 Å². The normalized spacial score (nSPS) is 12.5. The first kappa shape index (κ1) is 23.1. The summed E-state index contributed by atoms with van der Waals surface area (Å²) in [6, 6.07) is 23.8. The number of rotatable bonds is 11. The molecule has 3 aromatic rings. The predicted octanol–water partition coefficient (Wildman–Crippen LogP) is 2.14. The number of nitrogens with zero attached hydrogens (tertiary/aromatic N) is 1. The zero-order valence-corrected chi connectivity index (χ0v) is 17.8. The van der Waals surface area contributed by atoms with Crippen molar-refractivity contribution in [3.63, 3.8) is 0 Å². The fourth-order valence-electron chi connectivity index (χ4n) is 3.16. The molecule has 7 heteroatoms. The lowest BCUT2D eigenvalue weighted by Gasteiger charge is -2.20. The maximum Gasteiger partial charge on any atom is 0.239 e. The Morgan fingerprint density at radius 2 is 1.62 bits per heavy atom. The minimum absolute atomic E-state index is 0.0642. The first-order chi connectivity index (χ1) is 15.6. The van der Waals surface area contributed by atoms with E-state index in [0.29, 0.717) is 13.0 Å². The topological polar surface area (TPSA) is 106 Å². The highest BCUT2D eigenvalue weighted by atomic mass is 16.5. The molecule has 0 bridgehead atoms. The lowest BCUT2D eigenvalue weighted by molar-refractivity contribution is -0.128. The number of ether oxygens (including phenoxy) is 1. The summed E-state index contributed by atoms with van der Waals surface area (Å²) in [4.78, 5) is 29.1. The van der Waals surface area contributed by atoms with Gasteiger partial charge in [-0.15, -0.1) is 0 Å². The number of amides is 2. The van der Waals surface area contributed by atoms with Gasteiger partial charge >= 0.3 is 0 Å². The smallest absolute Gasteiger partial charge is 0.239 e. The van der Waals surface area contributed by atoms with Gasteiger partial charge in [-0.25, -0.2) is 0 Å². The van der Waals surface area contributed by atoms with Crippen LogP contribution in [0.4, 0.5) is 0 Å². The summed E-state index contributed by atoms with van der Waals surface area (Å²) in [5, 5.41) is 5.55. The second-order valence-electron chi connectivity index (χ2n) is 7.38. The number of pyridine rings is 1. The van der Waals surface area contributed by atoms with Crippen LogP contribution in [0.25, 0.3) is 0 Å². The average Bonchev–Trinajstić information content (AvgIpc) is 2.84. The summed E-state index contributed by atoms with van der Waals surface area (Å²) >= 11 is 0. The minimum Gasteiger partial charge on any atom is -0.375 e. The summed E-state index contributed by atoms with van der Waals surface area (Å²) < 4.78 is 5.50. The van der Waals surface area contributed by atoms with Crippen LogP contribution in [0.3, 0.4) is 0 Å². The largest absolute Gasteiger partial charge is 0.375 e. The number of carbonyl (C=O) groups excluding carboxylic acids is 2. The molecule has 0 saturated carbocycles. The quantitative estimate of drug-likeness (QED) is 0.430. The number of hydrogen-bond donors (Lipinski definition) is 3. The second kappa shape index (κ2) is 12.3. The Kier molecular flexibility index (Phi) is 8.92. The van der Waals surface area contributed by atoms with Gasteiger partial charge in [0, 0.05) is 18.3 Å². The molecule has 2 aromatic carbocycles. The van der Waals surface area contributed by atoms with Gasteiger partial charge < -0.3 is 21.1 Å². The summed E-state index contributed by atoms with van der Waals surface area (Å²) in [5.41, 5.74) is 8.71. The number of carbonyl (C=O) groups is 2. The van der Waals surface area contributed by atoms with Crippen LogP contribution in [0.15, 0.2) is 85.1 Å². The van der Waals surface area contributed by atoms with Gasteiger partial charge in [0.1, 0.15) is 6.04 Å². The molecule has 1 heterocycles. The Morgan fingerprint density at radius 1 is 0.938 bits per heavy atom. The van der Waals surface area contributed by atoms with E-state index in [0.717, 1.165) is 16.8 Å². The molecular weight excluding hydrogens is 404 g/mol. The number of aromatic nitrogens is 1. The van der Waals surface area contributed by atoms with E-state index in [1.165, 1.54) is 0 Å². The molecular formula is C25H28N4O3. The molecule has 0 aliphatic rings. The third-order valence-electron chi connectivity index (χ3n) is 4.85. The van der Waals surface area contributed by atoms with Crippen LogP contribution in [0.1, 0.15) is 22.9 Å². The highest BCUT2D eigenvalue weighted by molar-refractivity contribution is 5.87. The number of hydrogen-bond acceptors (Lipinski definition) is 5. The van der Waals surface area contributed by atoms with Crippen LogP contribution in [0.2, 0.25) is 0 Å². The first-order valence-electron chi connectivity index (χ1n) is 10.5. The van der Waals surface area contributed by atoms with Gasteiger partial charge in [-0.3, -0.25) is 14.6 Å². The Hall–Kier alpha value is -3.55. The van der Waals surface area contributed by atoms with E-state index in [-0.39, 0.29) is 25.1 Å². The zero-order chi connectivity index (χ0) is 22.6. The summed E-state index contributed by atoms with van der Waals surface area (Å²) in [7, 11) is 0. The molecule has 32 heavy (non-hydrogen) atoms. The molecule has 0 radical (unpaired) electrons. The van der Waals surface area contributed by atoms with Crippen LogP contribution < -0.4 is 16.4 Å². The Balaban J connectivity index is 1.47. The van der Waals surface area contributed by atoms with Gasteiger partial charge in [-0.2, -0.15) is 0 Å². The molecule has 0 fully saturated rings. The molecule has 0 saturated heterocycles. The lowest BCUT2D eigenvalue weighted by Crippen LogP contribution is -2.47. The predicted molar refractivity (Wildman–Crippen MR) is 122 cm³/mol. The van der Waals surface area contributed by atoms with Gasteiger partial charge in [-0.1, -0.05) is 66.7 Å². The molecule has 1 aromatic heterocycles. The van der Waals surface area contributed by atoms with Crippen LogP contribution in [-0.4, -0.2) is 36.0 Å².